The van der Waals surface area contributed by atoms with E-state index in [4.69, 9.17) is 0 Å². The highest BCUT2D eigenvalue weighted by Crippen LogP contribution is 2.18. The second-order valence-corrected chi connectivity index (χ2v) is 4.67. The number of halogens is 1. The Morgan fingerprint density at radius 2 is 2.24 bits per heavy atom. The number of rotatable bonds is 3. The molecule has 3 heteroatoms. The first-order valence-electron chi connectivity index (χ1n) is 6.21. The third-order valence-electron chi connectivity index (χ3n) is 3.44. The minimum atomic E-state index is -0.213. The molecule has 1 aliphatic heterocycles. The number of amides is 1. The predicted molar refractivity (Wildman–Crippen MR) is 65.1 cm³/mol. The van der Waals surface area contributed by atoms with Gasteiger partial charge in [-0.25, -0.2) is 4.39 Å². The smallest absolute Gasteiger partial charge is 0.223 e. The molecule has 0 aromatic heterocycles. The van der Waals surface area contributed by atoms with Crippen LogP contribution in [0.3, 0.4) is 0 Å². The van der Waals surface area contributed by atoms with E-state index in [1.807, 2.05) is 4.90 Å². The van der Waals surface area contributed by atoms with Crippen molar-refractivity contribution in [1.82, 2.24) is 4.90 Å². The molecule has 1 unspecified atom stereocenters. The molecular formula is C14H18FNO. The Labute approximate surface area is 101 Å². The summed E-state index contributed by atoms with van der Waals surface area (Å²) in [6.45, 7) is 2.94. The standard InChI is InChI=1S/C14H18FNO/c1-11-5-4-10-16(11)14(17)9-8-12-6-2-3-7-13(12)15/h2-3,6-7,11H,4-5,8-10H2,1H3. The normalized spacial score (nSPS) is 19.6. The monoisotopic (exact) mass is 235 g/mol. The van der Waals surface area contributed by atoms with E-state index in [1.165, 1.54) is 6.07 Å². The van der Waals surface area contributed by atoms with Crippen LogP contribution in [0.25, 0.3) is 0 Å². The van der Waals surface area contributed by atoms with Crippen LogP contribution in [-0.2, 0) is 11.2 Å². The average molecular weight is 235 g/mol. The van der Waals surface area contributed by atoms with Gasteiger partial charge in [0.1, 0.15) is 5.82 Å². The third-order valence-corrected chi connectivity index (χ3v) is 3.44. The molecule has 1 heterocycles. The molecule has 0 spiro atoms. The lowest BCUT2D eigenvalue weighted by molar-refractivity contribution is -0.131. The first-order chi connectivity index (χ1) is 8.18. The second-order valence-electron chi connectivity index (χ2n) is 4.67. The molecule has 1 fully saturated rings. The molecule has 0 N–H and O–H groups in total. The zero-order valence-corrected chi connectivity index (χ0v) is 10.2. The second kappa shape index (κ2) is 5.30. The molecule has 2 nitrogen and oxygen atoms in total. The van der Waals surface area contributed by atoms with Gasteiger partial charge in [-0.15, -0.1) is 0 Å². The van der Waals surface area contributed by atoms with Crippen molar-refractivity contribution in [1.29, 1.82) is 0 Å². The van der Waals surface area contributed by atoms with Crippen LogP contribution in [0.4, 0.5) is 4.39 Å². The van der Waals surface area contributed by atoms with Crippen LogP contribution in [0, 0.1) is 5.82 Å². The molecule has 1 saturated heterocycles. The SMILES string of the molecule is CC1CCCN1C(=O)CCc1ccccc1F. The molecule has 1 amide bonds. The fourth-order valence-corrected chi connectivity index (χ4v) is 2.39. The summed E-state index contributed by atoms with van der Waals surface area (Å²) in [5.41, 5.74) is 0.632. The largest absolute Gasteiger partial charge is 0.340 e. The molecule has 0 bridgehead atoms. The molecule has 0 aliphatic carbocycles. The maximum atomic E-state index is 13.4. The molecule has 1 aromatic rings. The van der Waals surface area contributed by atoms with Crippen molar-refractivity contribution in [3.05, 3.63) is 35.6 Å². The Morgan fingerprint density at radius 1 is 1.47 bits per heavy atom. The van der Waals surface area contributed by atoms with Crippen molar-refractivity contribution in [2.24, 2.45) is 0 Å². The Morgan fingerprint density at radius 3 is 2.88 bits per heavy atom. The topological polar surface area (TPSA) is 20.3 Å². The summed E-state index contributed by atoms with van der Waals surface area (Å²) in [6, 6.07) is 7.02. The van der Waals surface area contributed by atoms with Crippen molar-refractivity contribution in [3.8, 4) is 0 Å². The zero-order valence-electron chi connectivity index (χ0n) is 10.2. The summed E-state index contributed by atoms with van der Waals surface area (Å²) in [5, 5.41) is 0. The van der Waals surface area contributed by atoms with Crippen LogP contribution in [0.15, 0.2) is 24.3 Å². The molecular weight excluding hydrogens is 217 g/mol. The lowest BCUT2D eigenvalue weighted by atomic mass is 10.1. The van der Waals surface area contributed by atoms with E-state index < -0.39 is 0 Å². The van der Waals surface area contributed by atoms with Gasteiger partial charge in [0.25, 0.3) is 0 Å². The number of aryl methyl sites for hydroxylation is 1. The molecule has 2 rings (SSSR count). The predicted octanol–water partition coefficient (Wildman–Crippen LogP) is 2.77. The van der Waals surface area contributed by atoms with Gasteiger partial charge in [0.2, 0.25) is 5.91 Å². The van der Waals surface area contributed by atoms with Crippen molar-refractivity contribution in [2.45, 2.75) is 38.6 Å². The number of carbonyl (C=O) groups is 1. The maximum absolute atomic E-state index is 13.4. The number of benzene rings is 1. The average Bonchev–Trinajstić information content (AvgIpc) is 2.74. The van der Waals surface area contributed by atoms with E-state index in [1.54, 1.807) is 18.2 Å². The Bertz CT molecular complexity index is 405. The van der Waals surface area contributed by atoms with Crippen molar-refractivity contribution in [3.63, 3.8) is 0 Å². The summed E-state index contributed by atoms with van der Waals surface area (Å²) in [4.78, 5) is 13.9. The summed E-state index contributed by atoms with van der Waals surface area (Å²) < 4.78 is 13.4. The fraction of sp³-hybridized carbons (Fsp3) is 0.500. The van der Waals surface area contributed by atoms with Crippen LogP contribution in [0.1, 0.15) is 31.7 Å². The van der Waals surface area contributed by atoms with Gasteiger partial charge < -0.3 is 4.90 Å². The van der Waals surface area contributed by atoms with Crippen LogP contribution < -0.4 is 0 Å². The first-order valence-corrected chi connectivity index (χ1v) is 6.21. The molecule has 0 radical (unpaired) electrons. The fourth-order valence-electron chi connectivity index (χ4n) is 2.39. The number of likely N-dealkylation sites (tertiary alicyclic amines) is 1. The minimum absolute atomic E-state index is 0.151. The summed E-state index contributed by atoms with van der Waals surface area (Å²) in [6.07, 6.45) is 3.08. The van der Waals surface area contributed by atoms with Crippen molar-refractivity contribution >= 4 is 5.91 Å². The van der Waals surface area contributed by atoms with E-state index >= 15 is 0 Å². The van der Waals surface area contributed by atoms with Gasteiger partial charge in [0, 0.05) is 19.0 Å². The van der Waals surface area contributed by atoms with Gasteiger partial charge in [0.05, 0.1) is 0 Å². The maximum Gasteiger partial charge on any atom is 0.223 e. The Hall–Kier alpha value is -1.38. The Balaban J connectivity index is 1.90. The molecule has 17 heavy (non-hydrogen) atoms. The highest BCUT2D eigenvalue weighted by molar-refractivity contribution is 5.77. The van der Waals surface area contributed by atoms with E-state index in [0.717, 1.165) is 19.4 Å². The van der Waals surface area contributed by atoms with Crippen LogP contribution in [0.5, 0.6) is 0 Å². The van der Waals surface area contributed by atoms with Gasteiger partial charge in [0.15, 0.2) is 0 Å². The van der Waals surface area contributed by atoms with E-state index in [0.29, 0.717) is 24.4 Å². The van der Waals surface area contributed by atoms with Crippen molar-refractivity contribution < 1.29 is 9.18 Å². The van der Waals surface area contributed by atoms with Gasteiger partial charge in [-0.2, -0.15) is 0 Å². The third kappa shape index (κ3) is 2.84. The number of hydrogen-bond donors (Lipinski definition) is 0. The van der Waals surface area contributed by atoms with Gasteiger partial charge in [-0.05, 0) is 37.8 Å². The first kappa shape index (κ1) is 12.1. The summed E-state index contributed by atoms with van der Waals surface area (Å²) >= 11 is 0. The number of carbonyl (C=O) groups excluding carboxylic acids is 1. The number of hydrogen-bond acceptors (Lipinski definition) is 1. The van der Waals surface area contributed by atoms with Crippen LogP contribution in [-0.4, -0.2) is 23.4 Å². The quantitative estimate of drug-likeness (QED) is 0.789. The van der Waals surface area contributed by atoms with Crippen LogP contribution >= 0.6 is 0 Å². The molecule has 92 valence electrons. The zero-order chi connectivity index (χ0) is 12.3. The lowest BCUT2D eigenvalue weighted by Crippen LogP contribution is -2.33. The van der Waals surface area contributed by atoms with Gasteiger partial charge in [-0.1, -0.05) is 18.2 Å². The van der Waals surface area contributed by atoms with Gasteiger partial charge >= 0.3 is 0 Å². The van der Waals surface area contributed by atoms with Gasteiger partial charge in [-0.3, -0.25) is 4.79 Å². The molecule has 1 aromatic carbocycles. The number of nitrogens with zero attached hydrogens (tertiary/aromatic N) is 1. The van der Waals surface area contributed by atoms with E-state index in [2.05, 4.69) is 6.92 Å². The lowest BCUT2D eigenvalue weighted by Gasteiger charge is -2.21. The highest BCUT2D eigenvalue weighted by atomic mass is 19.1. The summed E-state index contributed by atoms with van der Waals surface area (Å²) in [5.74, 6) is -0.0620. The Kier molecular flexibility index (Phi) is 3.77. The molecule has 1 aliphatic rings. The van der Waals surface area contributed by atoms with Crippen LogP contribution in [0.2, 0.25) is 0 Å². The summed E-state index contributed by atoms with van der Waals surface area (Å²) in [7, 11) is 0. The molecule has 1 atom stereocenters. The van der Waals surface area contributed by atoms with E-state index in [9.17, 15) is 9.18 Å². The minimum Gasteiger partial charge on any atom is -0.340 e. The van der Waals surface area contributed by atoms with E-state index in [-0.39, 0.29) is 11.7 Å². The van der Waals surface area contributed by atoms with Crippen molar-refractivity contribution in [2.75, 3.05) is 6.54 Å². The highest BCUT2D eigenvalue weighted by Gasteiger charge is 2.24. The molecule has 0 saturated carbocycles.